The summed E-state index contributed by atoms with van der Waals surface area (Å²) in [6, 6.07) is 9.79. The van der Waals surface area contributed by atoms with Gasteiger partial charge in [0.1, 0.15) is 5.69 Å². The van der Waals surface area contributed by atoms with Gasteiger partial charge in [-0.25, -0.2) is 4.99 Å². The number of benzene rings is 1. The molecule has 5 heteroatoms. The zero-order valence-corrected chi connectivity index (χ0v) is 12.9. The molecule has 1 aliphatic carbocycles. The summed E-state index contributed by atoms with van der Waals surface area (Å²) in [6.45, 7) is 0. The van der Waals surface area contributed by atoms with Crippen molar-refractivity contribution < 1.29 is 39.5 Å². The molecule has 0 saturated heterocycles. The van der Waals surface area contributed by atoms with Gasteiger partial charge in [-0.05, 0) is 36.4 Å². The fourth-order valence-electron chi connectivity index (χ4n) is 1.89. The Hall–Kier alpha value is -1.75. The van der Waals surface area contributed by atoms with E-state index in [0.29, 0.717) is 22.7 Å². The maximum atomic E-state index is 11.7. The van der Waals surface area contributed by atoms with E-state index in [1.54, 1.807) is 30.5 Å². The van der Waals surface area contributed by atoms with Crippen molar-refractivity contribution >= 4 is 17.2 Å². The molecule has 0 amide bonds. The largest absolute Gasteiger partial charge is 1.00 e. The maximum Gasteiger partial charge on any atom is 1.00 e. The molecule has 2 aromatic rings. The van der Waals surface area contributed by atoms with Gasteiger partial charge >= 0.3 is 29.6 Å². The first-order valence-electron chi connectivity index (χ1n) is 5.77. The van der Waals surface area contributed by atoms with E-state index in [9.17, 15) is 9.90 Å². The van der Waals surface area contributed by atoms with Gasteiger partial charge in [0.2, 0.25) is 5.78 Å². The average molecular weight is 272 g/mol. The van der Waals surface area contributed by atoms with E-state index in [0.717, 1.165) is 0 Å². The Labute approximate surface area is 138 Å². The number of fused-ring (bicyclic) bond motifs is 1. The van der Waals surface area contributed by atoms with E-state index in [-0.39, 0.29) is 41.1 Å². The molecule has 1 aromatic carbocycles. The van der Waals surface area contributed by atoms with Crippen molar-refractivity contribution in [3.05, 3.63) is 66.0 Å². The normalized spacial score (nSPS) is 14.8. The number of carbonyl (C=O) groups is 1. The zero-order chi connectivity index (χ0) is 13.2. The summed E-state index contributed by atoms with van der Waals surface area (Å²) in [5, 5.41) is 11.0. The maximum absolute atomic E-state index is 11.7. The molecule has 0 bridgehead atoms. The Kier molecular flexibility index (Phi) is 4.49. The molecule has 3 rings (SSSR count). The molecule has 0 N–H and O–H groups in total. The van der Waals surface area contributed by atoms with Crippen molar-refractivity contribution in [2.45, 2.75) is 0 Å². The standard InChI is InChI=1S/C15H10N2O2.Na/c18-11-5-3-10(4-6-11)17-13-7-8-14(19)15-12(13)2-1-9-16-15;/h1-9,18H;/q;+1/p-1. The molecule has 0 unspecified atom stereocenters. The Balaban J connectivity index is 0.00000147. The van der Waals surface area contributed by atoms with Gasteiger partial charge in [0, 0.05) is 11.8 Å². The molecule has 0 aliphatic heterocycles. The summed E-state index contributed by atoms with van der Waals surface area (Å²) < 4.78 is 0. The molecule has 1 heterocycles. The van der Waals surface area contributed by atoms with E-state index in [2.05, 4.69) is 9.98 Å². The van der Waals surface area contributed by atoms with Gasteiger partial charge in [-0.15, -0.1) is 5.75 Å². The molecule has 1 aliphatic rings. The molecular formula is C15H9N2NaO2. The molecular weight excluding hydrogens is 263 g/mol. The van der Waals surface area contributed by atoms with Crippen molar-refractivity contribution in [2.75, 3.05) is 0 Å². The first-order valence-corrected chi connectivity index (χ1v) is 5.77. The fraction of sp³-hybridized carbons (Fsp3) is 0. The minimum Gasteiger partial charge on any atom is -0.872 e. The third-order valence-corrected chi connectivity index (χ3v) is 2.80. The van der Waals surface area contributed by atoms with Gasteiger partial charge in [0.15, 0.2) is 0 Å². The number of nitrogens with zero attached hydrogens (tertiary/aromatic N) is 2. The Morgan fingerprint density at radius 1 is 1.05 bits per heavy atom. The van der Waals surface area contributed by atoms with Gasteiger partial charge in [-0.2, -0.15) is 0 Å². The first kappa shape index (κ1) is 14.7. The van der Waals surface area contributed by atoms with Gasteiger partial charge in [-0.1, -0.05) is 12.1 Å². The van der Waals surface area contributed by atoms with E-state index in [4.69, 9.17) is 0 Å². The quantitative estimate of drug-likeness (QED) is 0.628. The van der Waals surface area contributed by atoms with E-state index < -0.39 is 0 Å². The van der Waals surface area contributed by atoms with E-state index in [1.807, 2.05) is 6.07 Å². The minimum absolute atomic E-state index is 0. The smallest absolute Gasteiger partial charge is 0.872 e. The molecule has 0 spiro atoms. The predicted molar refractivity (Wildman–Crippen MR) is 69.8 cm³/mol. The topological polar surface area (TPSA) is 65.4 Å². The van der Waals surface area contributed by atoms with Crippen LogP contribution in [-0.4, -0.2) is 16.5 Å². The summed E-state index contributed by atoms with van der Waals surface area (Å²) in [6.07, 6.45) is 4.70. The van der Waals surface area contributed by atoms with Crippen LogP contribution >= 0.6 is 0 Å². The molecule has 20 heavy (non-hydrogen) atoms. The molecule has 0 saturated carbocycles. The third-order valence-electron chi connectivity index (χ3n) is 2.80. The molecule has 4 nitrogen and oxygen atoms in total. The van der Waals surface area contributed by atoms with Crippen LogP contribution in [0.4, 0.5) is 5.69 Å². The molecule has 0 fully saturated rings. The second kappa shape index (κ2) is 6.13. The number of hydrogen-bond donors (Lipinski definition) is 0. The number of rotatable bonds is 1. The first-order chi connectivity index (χ1) is 9.24. The number of hydrogen-bond acceptors (Lipinski definition) is 4. The van der Waals surface area contributed by atoms with E-state index >= 15 is 0 Å². The van der Waals surface area contributed by atoms with Gasteiger partial charge in [0.05, 0.1) is 11.4 Å². The number of pyridine rings is 1. The second-order valence-electron chi connectivity index (χ2n) is 4.09. The number of aliphatic imine (C=N–C) groups is 1. The van der Waals surface area contributed by atoms with Gasteiger partial charge < -0.3 is 5.11 Å². The second-order valence-corrected chi connectivity index (χ2v) is 4.09. The van der Waals surface area contributed by atoms with Crippen LogP contribution in [0.15, 0.2) is 59.7 Å². The van der Waals surface area contributed by atoms with Gasteiger partial charge in [-0.3, -0.25) is 9.78 Å². The Bertz CT molecular complexity index is 706. The Morgan fingerprint density at radius 3 is 2.55 bits per heavy atom. The van der Waals surface area contributed by atoms with Crippen molar-refractivity contribution in [1.29, 1.82) is 0 Å². The Morgan fingerprint density at radius 2 is 1.80 bits per heavy atom. The van der Waals surface area contributed by atoms with Crippen molar-refractivity contribution in [3.63, 3.8) is 0 Å². The number of allylic oxidation sites excluding steroid dienone is 2. The van der Waals surface area contributed by atoms with Crippen LogP contribution in [0.5, 0.6) is 5.75 Å². The van der Waals surface area contributed by atoms with Crippen LogP contribution in [0, 0.1) is 0 Å². The van der Waals surface area contributed by atoms with Crippen LogP contribution in [0.25, 0.3) is 0 Å². The summed E-state index contributed by atoms with van der Waals surface area (Å²) in [4.78, 5) is 20.2. The van der Waals surface area contributed by atoms with Crippen molar-refractivity contribution in [1.82, 2.24) is 4.98 Å². The van der Waals surface area contributed by atoms with Crippen molar-refractivity contribution in [2.24, 2.45) is 4.99 Å². The number of ketones is 1. The van der Waals surface area contributed by atoms with Crippen LogP contribution in [-0.2, 0) is 0 Å². The van der Waals surface area contributed by atoms with Crippen LogP contribution in [0.1, 0.15) is 16.1 Å². The van der Waals surface area contributed by atoms with E-state index in [1.165, 1.54) is 18.2 Å². The fourth-order valence-corrected chi connectivity index (χ4v) is 1.89. The molecule has 92 valence electrons. The summed E-state index contributed by atoms with van der Waals surface area (Å²) in [7, 11) is 0. The van der Waals surface area contributed by atoms with Gasteiger partial charge in [0.25, 0.3) is 0 Å². The minimum atomic E-state index is -0.121. The van der Waals surface area contributed by atoms with Crippen LogP contribution < -0.4 is 34.7 Å². The zero-order valence-electron chi connectivity index (χ0n) is 10.9. The number of carbonyl (C=O) groups excluding carboxylic acids is 1. The molecule has 0 radical (unpaired) electrons. The third kappa shape index (κ3) is 2.88. The molecule has 1 aromatic heterocycles. The SMILES string of the molecule is O=C1C=CC(=Nc2ccc([O-])cc2)c2cccnc21.[Na+]. The summed E-state index contributed by atoms with van der Waals surface area (Å²) in [5.74, 6) is -0.176. The number of aromatic nitrogens is 1. The summed E-state index contributed by atoms with van der Waals surface area (Å²) >= 11 is 0. The average Bonchev–Trinajstić information content (AvgIpc) is 2.45. The van der Waals surface area contributed by atoms with Crippen LogP contribution in [0.3, 0.4) is 0 Å². The monoisotopic (exact) mass is 272 g/mol. The summed E-state index contributed by atoms with van der Waals surface area (Å²) in [5.41, 5.74) is 2.45. The van der Waals surface area contributed by atoms with Crippen molar-refractivity contribution in [3.8, 4) is 5.75 Å². The molecule has 0 atom stereocenters. The van der Waals surface area contributed by atoms with Crippen LogP contribution in [0.2, 0.25) is 0 Å². The predicted octanol–water partition coefficient (Wildman–Crippen LogP) is -0.968.